The number of imidazole rings is 2. The molecular formula is C18H22N8NaO8P. The van der Waals surface area contributed by atoms with Gasteiger partial charge in [-0.15, -0.1) is 0 Å². The standard InChI is InChI=1S/C18H23N8O8P.Na/c1-24(2)10(27)5-9-18(6-32-35(30,31)25-4-3-20-7-25)13(28)12(33-9)16(34-18)26-8-21-11-14(26)22-17(19)23-15(11)29;/h3-4,7-9,12-13,16,28H,5-6H2,1-2H3,(H,30,31)(H3,19,22,23,29);/q;+1/p-1/t9-,12?,13+,16+,18-;/m0./s1. The van der Waals surface area contributed by atoms with E-state index in [1.165, 1.54) is 28.2 Å². The maximum atomic E-state index is 12.6. The molecular weight excluding hydrogens is 510 g/mol. The van der Waals surface area contributed by atoms with Crippen molar-refractivity contribution in [1.29, 1.82) is 0 Å². The number of nitrogens with zero attached hydrogens (tertiary/aromatic N) is 6. The van der Waals surface area contributed by atoms with Crippen LogP contribution in [0, 0.1) is 0 Å². The maximum Gasteiger partial charge on any atom is 1.00 e. The fourth-order valence-electron chi connectivity index (χ4n) is 4.27. The van der Waals surface area contributed by atoms with Crippen molar-refractivity contribution < 1.29 is 62.9 Å². The van der Waals surface area contributed by atoms with Gasteiger partial charge < -0.3 is 34.6 Å². The molecule has 2 saturated heterocycles. The zero-order valence-electron chi connectivity index (χ0n) is 19.5. The normalized spacial score (nSPS) is 28.7. The van der Waals surface area contributed by atoms with Gasteiger partial charge in [-0.1, -0.05) is 0 Å². The summed E-state index contributed by atoms with van der Waals surface area (Å²) in [5.74, 6) is -0.489. The Morgan fingerprint density at radius 3 is 2.86 bits per heavy atom. The van der Waals surface area contributed by atoms with Crippen LogP contribution >= 0.6 is 7.75 Å². The van der Waals surface area contributed by atoms with Crippen LogP contribution in [-0.2, 0) is 23.4 Å². The van der Waals surface area contributed by atoms with Gasteiger partial charge in [0.1, 0.15) is 30.2 Å². The van der Waals surface area contributed by atoms with Crippen LogP contribution in [0.4, 0.5) is 5.95 Å². The fraction of sp³-hybridized carbons (Fsp3) is 0.500. The van der Waals surface area contributed by atoms with Crippen molar-refractivity contribution in [3.63, 3.8) is 0 Å². The number of nitrogens with two attached hydrogens (primary N) is 1. The molecule has 18 heteroatoms. The van der Waals surface area contributed by atoms with Gasteiger partial charge in [-0.25, -0.2) is 9.97 Å². The van der Waals surface area contributed by atoms with Crippen molar-refractivity contribution in [2.24, 2.45) is 0 Å². The number of nitrogen functional groups attached to an aromatic ring is 1. The molecule has 1 amide bonds. The van der Waals surface area contributed by atoms with Crippen molar-refractivity contribution in [2.75, 3.05) is 26.4 Å². The predicted octanol–water partition coefficient (Wildman–Crippen LogP) is -5.19. The first-order valence-corrected chi connectivity index (χ1v) is 11.9. The van der Waals surface area contributed by atoms with E-state index in [-0.39, 0.29) is 59.0 Å². The molecule has 2 aliphatic heterocycles. The molecule has 4 N–H and O–H groups in total. The van der Waals surface area contributed by atoms with Gasteiger partial charge in [0, 0.05) is 26.5 Å². The van der Waals surface area contributed by atoms with Crippen molar-refractivity contribution in [1.82, 2.24) is 33.7 Å². The first-order valence-electron chi connectivity index (χ1n) is 10.4. The number of aromatic amines is 1. The van der Waals surface area contributed by atoms with E-state index in [4.69, 9.17) is 19.7 Å². The average Bonchev–Trinajstić information content (AvgIpc) is 3.56. The number of amides is 1. The molecule has 0 saturated carbocycles. The van der Waals surface area contributed by atoms with Gasteiger partial charge in [0.05, 0.1) is 19.4 Å². The molecule has 2 aliphatic rings. The van der Waals surface area contributed by atoms with Gasteiger partial charge in [-0.3, -0.25) is 28.0 Å². The van der Waals surface area contributed by atoms with E-state index in [0.29, 0.717) is 0 Å². The average molecular weight is 532 g/mol. The Kier molecular flexibility index (Phi) is 7.20. The van der Waals surface area contributed by atoms with Crippen LogP contribution in [0.1, 0.15) is 12.6 Å². The molecule has 0 radical (unpaired) electrons. The topological polar surface area (TPSA) is 216 Å². The number of carbonyl (C=O) groups is 1. The summed E-state index contributed by atoms with van der Waals surface area (Å²) >= 11 is 0. The molecule has 5 heterocycles. The number of rotatable bonds is 7. The number of H-pyrrole nitrogens is 1. The fourth-order valence-corrected chi connectivity index (χ4v) is 5.18. The predicted molar refractivity (Wildman–Crippen MR) is 115 cm³/mol. The smallest absolute Gasteiger partial charge is 0.761 e. The molecule has 36 heavy (non-hydrogen) atoms. The van der Waals surface area contributed by atoms with E-state index in [1.807, 2.05) is 0 Å². The van der Waals surface area contributed by atoms with Gasteiger partial charge >= 0.3 is 29.6 Å². The third-order valence-corrected chi connectivity index (χ3v) is 7.37. The van der Waals surface area contributed by atoms with E-state index in [9.17, 15) is 24.2 Å². The number of hydrogen-bond acceptors (Lipinski definition) is 12. The number of fused-ring (bicyclic) bond motifs is 3. The molecule has 2 bridgehead atoms. The second-order valence-corrected chi connectivity index (χ2v) is 10.1. The number of carbonyl (C=O) groups excluding carboxylic acids is 1. The van der Waals surface area contributed by atoms with Crippen LogP contribution in [0.25, 0.3) is 11.2 Å². The SMILES string of the molecule is CN(C)C(=O)C[C@@H]1OC2[C@H](n3cnc4c(=O)[nH]c(N)nc43)O[C@]1(COP(=O)([O-])n1ccnc1)[C@@H]2O.[Na+]. The molecule has 0 aromatic carbocycles. The zero-order valence-corrected chi connectivity index (χ0v) is 22.4. The molecule has 0 spiro atoms. The second-order valence-electron chi connectivity index (χ2n) is 8.45. The van der Waals surface area contributed by atoms with Gasteiger partial charge in [-0.2, -0.15) is 4.98 Å². The van der Waals surface area contributed by atoms with Crippen molar-refractivity contribution in [2.45, 2.75) is 36.6 Å². The minimum absolute atomic E-state index is 0. The number of aliphatic hydroxyl groups is 1. The molecule has 6 atom stereocenters. The van der Waals surface area contributed by atoms with E-state index in [1.54, 1.807) is 14.1 Å². The summed E-state index contributed by atoms with van der Waals surface area (Å²) < 4.78 is 32.1. The van der Waals surface area contributed by atoms with Crippen LogP contribution in [-0.4, -0.2) is 89.4 Å². The van der Waals surface area contributed by atoms with E-state index < -0.39 is 50.1 Å². The van der Waals surface area contributed by atoms with Crippen LogP contribution in [0.3, 0.4) is 0 Å². The molecule has 5 rings (SSSR count). The molecule has 2 fully saturated rings. The number of anilines is 1. The number of ether oxygens (including phenoxy) is 2. The summed E-state index contributed by atoms with van der Waals surface area (Å²) in [6.45, 7) is -0.658. The van der Waals surface area contributed by atoms with Crippen LogP contribution in [0.15, 0.2) is 29.8 Å². The number of nitrogens with one attached hydrogen (secondary N) is 1. The van der Waals surface area contributed by atoms with Gasteiger partial charge in [-0.05, 0) is 0 Å². The quantitative estimate of drug-likeness (QED) is 0.192. The largest absolute Gasteiger partial charge is 1.00 e. The summed E-state index contributed by atoms with van der Waals surface area (Å²) in [5.41, 5.74) is 3.40. The first kappa shape index (κ1) is 26.9. The van der Waals surface area contributed by atoms with E-state index in [2.05, 4.69) is 19.9 Å². The van der Waals surface area contributed by atoms with Crippen molar-refractivity contribution in [3.05, 3.63) is 35.4 Å². The second kappa shape index (κ2) is 9.63. The summed E-state index contributed by atoms with van der Waals surface area (Å²) in [6.07, 6.45) is 0.00143. The summed E-state index contributed by atoms with van der Waals surface area (Å²) in [5, 5.41) is 11.2. The number of hydrogen-bond donors (Lipinski definition) is 3. The minimum atomic E-state index is -4.66. The van der Waals surface area contributed by atoms with Crippen LogP contribution in [0.5, 0.6) is 0 Å². The summed E-state index contributed by atoms with van der Waals surface area (Å²) in [7, 11) is -1.56. The molecule has 0 aliphatic carbocycles. The Morgan fingerprint density at radius 2 is 2.19 bits per heavy atom. The van der Waals surface area contributed by atoms with Crippen molar-refractivity contribution in [3.8, 4) is 0 Å². The maximum absolute atomic E-state index is 12.6. The Bertz CT molecular complexity index is 1380. The van der Waals surface area contributed by atoms with Gasteiger partial charge in [0.25, 0.3) is 5.56 Å². The van der Waals surface area contributed by atoms with E-state index in [0.717, 1.165) is 10.7 Å². The van der Waals surface area contributed by atoms with E-state index >= 15 is 0 Å². The third kappa shape index (κ3) is 4.31. The molecule has 3 aromatic rings. The summed E-state index contributed by atoms with van der Waals surface area (Å²) in [6, 6.07) is 0. The molecule has 188 valence electrons. The monoisotopic (exact) mass is 532 g/mol. The first-order chi connectivity index (χ1) is 16.5. The van der Waals surface area contributed by atoms with Crippen LogP contribution in [0.2, 0.25) is 0 Å². The Morgan fingerprint density at radius 1 is 1.44 bits per heavy atom. The number of aliphatic hydroxyl groups excluding tert-OH is 1. The van der Waals surface area contributed by atoms with Gasteiger partial charge in [0.15, 0.2) is 17.4 Å². The Balaban J connectivity index is 0.00000304. The minimum Gasteiger partial charge on any atom is -0.761 e. The molecule has 2 unspecified atom stereocenters. The Labute approximate surface area is 225 Å². The van der Waals surface area contributed by atoms with Crippen molar-refractivity contribution >= 4 is 30.8 Å². The molecule has 3 aromatic heterocycles. The third-order valence-electron chi connectivity index (χ3n) is 6.11. The van der Waals surface area contributed by atoms with Crippen LogP contribution < -0.4 is 45.7 Å². The summed E-state index contributed by atoms with van der Waals surface area (Å²) in [4.78, 5) is 52.7. The molecule has 16 nitrogen and oxygen atoms in total. The zero-order chi connectivity index (χ0) is 25.1. The van der Waals surface area contributed by atoms with Gasteiger partial charge in [0.2, 0.25) is 19.6 Å². The number of aromatic nitrogens is 6. The Hall–Kier alpha value is -2.14.